The van der Waals surface area contributed by atoms with Crippen LogP contribution in [0.3, 0.4) is 0 Å². The first-order chi connectivity index (χ1) is 8.54. The van der Waals surface area contributed by atoms with Crippen LogP contribution in [0.25, 0.3) is 0 Å². The van der Waals surface area contributed by atoms with Crippen LogP contribution in [0, 0.1) is 13.8 Å². The highest BCUT2D eigenvalue weighted by molar-refractivity contribution is 8.14. The van der Waals surface area contributed by atoms with Crippen LogP contribution in [0.5, 0.6) is 0 Å². The van der Waals surface area contributed by atoms with Crippen LogP contribution in [0.15, 0.2) is 23.2 Å². The number of aliphatic imine (C=N–C) groups is 1. The minimum Gasteiger partial charge on any atom is -0.335 e. The number of aryl methyl sites for hydroxylation is 2. The molecular formula is C15H22N2S. The summed E-state index contributed by atoms with van der Waals surface area (Å²) in [6.45, 7) is 8.75. The van der Waals surface area contributed by atoms with Gasteiger partial charge in [0, 0.05) is 11.4 Å². The zero-order valence-electron chi connectivity index (χ0n) is 11.7. The summed E-state index contributed by atoms with van der Waals surface area (Å²) >= 11 is 1.83. The van der Waals surface area contributed by atoms with Crippen molar-refractivity contribution in [3.05, 3.63) is 29.3 Å². The number of nitrogens with zero attached hydrogens (tertiary/aromatic N) is 1. The fourth-order valence-electron chi connectivity index (χ4n) is 2.14. The first-order valence-corrected chi connectivity index (χ1v) is 7.58. The third kappa shape index (κ3) is 2.89. The van der Waals surface area contributed by atoms with Crippen molar-refractivity contribution in [2.24, 2.45) is 4.99 Å². The highest BCUT2D eigenvalue weighted by Gasteiger charge is 2.26. The second-order valence-electron chi connectivity index (χ2n) is 5.26. The normalized spacial score (nSPS) is 23.7. The summed E-state index contributed by atoms with van der Waals surface area (Å²) < 4.78 is 0. The lowest BCUT2D eigenvalue weighted by Crippen LogP contribution is -2.30. The first kappa shape index (κ1) is 13.5. The monoisotopic (exact) mass is 262 g/mol. The molecule has 1 atom stereocenters. The van der Waals surface area contributed by atoms with E-state index in [2.05, 4.69) is 51.2 Å². The molecule has 1 aliphatic rings. The van der Waals surface area contributed by atoms with Crippen LogP contribution >= 0.6 is 11.8 Å². The van der Waals surface area contributed by atoms with E-state index in [1.807, 2.05) is 11.8 Å². The van der Waals surface area contributed by atoms with E-state index in [0.717, 1.165) is 17.3 Å². The molecule has 3 heteroatoms. The van der Waals surface area contributed by atoms with E-state index in [-0.39, 0.29) is 5.54 Å². The molecule has 1 N–H and O–H groups in total. The van der Waals surface area contributed by atoms with Gasteiger partial charge in [0.25, 0.3) is 0 Å². The Morgan fingerprint density at radius 1 is 1.33 bits per heavy atom. The molecule has 1 heterocycles. The average Bonchev–Trinajstić information content (AvgIpc) is 2.34. The van der Waals surface area contributed by atoms with E-state index >= 15 is 0 Å². The van der Waals surface area contributed by atoms with Gasteiger partial charge in [-0.15, -0.1) is 0 Å². The number of anilines is 1. The second kappa shape index (κ2) is 5.35. The molecule has 0 bridgehead atoms. The summed E-state index contributed by atoms with van der Waals surface area (Å²) in [4.78, 5) is 4.88. The number of para-hydroxylation sites is 1. The molecule has 18 heavy (non-hydrogen) atoms. The first-order valence-electron chi connectivity index (χ1n) is 6.60. The Kier molecular flexibility index (Phi) is 4.00. The predicted octanol–water partition coefficient (Wildman–Crippen LogP) is 4.38. The summed E-state index contributed by atoms with van der Waals surface area (Å²) in [5.74, 6) is 1.15. The number of benzene rings is 1. The average molecular weight is 262 g/mol. The minimum absolute atomic E-state index is 0.115. The molecule has 0 amide bonds. The second-order valence-corrected chi connectivity index (χ2v) is 6.34. The van der Waals surface area contributed by atoms with Gasteiger partial charge in [0.05, 0.1) is 5.54 Å². The van der Waals surface area contributed by atoms with Gasteiger partial charge in [-0.25, -0.2) is 0 Å². The fourth-order valence-corrected chi connectivity index (χ4v) is 3.33. The van der Waals surface area contributed by atoms with Gasteiger partial charge in [0.1, 0.15) is 0 Å². The molecule has 0 saturated heterocycles. The van der Waals surface area contributed by atoms with Gasteiger partial charge in [-0.3, -0.25) is 4.99 Å². The Labute approximate surface area is 114 Å². The SMILES string of the molecule is CCC1(C)CCSC(Nc2c(C)cccc2C)=N1. The topological polar surface area (TPSA) is 24.4 Å². The standard InChI is InChI=1S/C15H22N2S/c1-5-15(4)9-10-18-14(17-15)16-13-11(2)7-6-8-12(13)3/h6-8H,5,9-10H2,1-4H3,(H,16,17). The van der Waals surface area contributed by atoms with E-state index in [1.54, 1.807) is 0 Å². The van der Waals surface area contributed by atoms with E-state index in [4.69, 9.17) is 4.99 Å². The third-order valence-electron chi connectivity index (χ3n) is 3.73. The molecule has 1 unspecified atom stereocenters. The number of amidine groups is 1. The Morgan fingerprint density at radius 3 is 2.61 bits per heavy atom. The minimum atomic E-state index is 0.115. The van der Waals surface area contributed by atoms with Crippen LogP contribution in [0.2, 0.25) is 0 Å². The smallest absolute Gasteiger partial charge is 0.161 e. The maximum atomic E-state index is 4.88. The predicted molar refractivity (Wildman–Crippen MR) is 82.7 cm³/mol. The van der Waals surface area contributed by atoms with Crippen molar-refractivity contribution in [3.63, 3.8) is 0 Å². The zero-order chi connectivity index (χ0) is 13.2. The van der Waals surface area contributed by atoms with Crippen molar-refractivity contribution in [1.82, 2.24) is 0 Å². The van der Waals surface area contributed by atoms with Gasteiger partial charge in [0.15, 0.2) is 5.17 Å². The van der Waals surface area contributed by atoms with Gasteiger partial charge in [-0.1, -0.05) is 36.9 Å². The van der Waals surface area contributed by atoms with Crippen LogP contribution in [0.1, 0.15) is 37.8 Å². The molecule has 0 fully saturated rings. The Balaban J connectivity index is 2.24. The molecule has 0 aliphatic carbocycles. The summed E-state index contributed by atoms with van der Waals surface area (Å²) in [5.41, 5.74) is 3.89. The fraction of sp³-hybridized carbons (Fsp3) is 0.533. The summed E-state index contributed by atoms with van der Waals surface area (Å²) in [7, 11) is 0. The quantitative estimate of drug-likeness (QED) is 0.855. The lowest BCUT2D eigenvalue weighted by atomic mass is 9.97. The van der Waals surface area contributed by atoms with Gasteiger partial charge in [0.2, 0.25) is 0 Å². The van der Waals surface area contributed by atoms with E-state index < -0.39 is 0 Å². The van der Waals surface area contributed by atoms with Crippen LogP contribution in [-0.2, 0) is 0 Å². The van der Waals surface area contributed by atoms with E-state index in [1.165, 1.54) is 23.2 Å². The molecule has 1 aliphatic heterocycles. The maximum Gasteiger partial charge on any atom is 0.161 e. The summed E-state index contributed by atoms with van der Waals surface area (Å²) in [5, 5.41) is 4.59. The van der Waals surface area contributed by atoms with Crippen LogP contribution in [-0.4, -0.2) is 16.5 Å². The number of nitrogens with one attached hydrogen (secondary N) is 1. The Hall–Kier alpha value is -0.960. The Morgan fingerprint density at radius 2 is 2.00 bits per heavy atom. The molecule has 2 rings (SSSR count). The van der Waals surface area contributed by atoms with Gasteiger partial charge < -0.3 is 5.32 Å². The number of hydrogen-bond acceptors (Lipinski definition) is 3. The van der Waals surface area contributed by atoms with Gasteiger partial charge in [-0.2, -0.15) is 0 Å². The molecule has 0 aromatic heterocycles. The van der Waals surface area contributed by atoms with Crippen molar-refractivity contribution < 1.29 is 0 Å². The number of hydrogen-bond donors (Lipinski definition) is 1. The van der Waals surface area contributed by atoms with Crippen LogP contribution < -0.4 is 5.32 Å². The number of rotatable bonds is 2. The lowest BCUT2D eigenvalue weighted by Gasteiger charge is -2.29. The number of thioether (sulfide) groups is 1. The van der Waals surface area contributed by atoms with Crippen molar-refractivity contribution in [2.45, 2.75) is 46.1 Å². The van der Waals surface area contributed by atoms with Crippen molar-refractivity contribution in [1.29, 1.82) is 0 Å². The van der Waals surface area contributed by atoms with Crippen molar-refractivity contribution in [3.8, 4) is 0 Å². The lowest BCUT2D eigenvalue weighted by molar-refractivity contribution is 0.443. The van der Waals surface area contributed by atoms with Gasteiger partial charge >= 0.3 is 0 Å². The van der Waals surface area contributed by atoms with Crippen molar-refractivity contribution >= 4 is 22.6 Å². The van der Waals surface area contributed by atoms with Gasteiger partial charge in [-0.05, 0) is 44.7 Å². The molecular weight excluding hydrogens is 240 g/mol. The van der Waals surface area contributed by atoms with Crippen molar-refractivity contribution in [2.75, 3.05) is 11.1 Å². The molecule has 0 spiro atoms. The Bertz CT molecular complexity index is 447. The maximum absolute atomic E-state index is 4.88. The molecule has 1 aromatic rings. The third-order valence-corrected chi connectivity index (χ3v) is 4.60. The van der Waals surface area contributed by atoms with Crippen LogP contribution in [0.4, 0.5) is 5.69 Å². The molecule has 98 valence electrons. The largest absolute Gasteiger partial charge is 0.335 e. The molecule has 0 radical (unpaired) electrons. The van der Waals surface area contributed by atoms with E-state index in [9.17, 15) is 0 Å². The summed E-state index contributed by atoms with van der Waals surface area (Å²) in [6.07, 6.45) is 2.28. The highest BCUT2D eigenvalue weighted by Crippen LogP contribution is 2.30. The zero-order valence-corrected chi connectivity index (χ0v) is 12.5. The molecule has 2 nitrogen and oxygen atoms in total. The summed E-state index contributed by atoms with van der Waals surface area (Å²) in [6, 6.07) is 6.38. The highest BCUT2D eigenvalue weighted by atomic mass is 32.2. The molecule has 1 aromatic carbocycles. The van der Waals surface area contributed by atoms with E-state index in [0.29, 0.717) is 0 Å². The molecule has 0 saturated carbocycles.